The van der Waals surface area contributed by atoms with Gasteiger partial charge in [0.15, 0.2) is 11.7 Å². The largest absolute Gasteiger partial charge is 0.402 e. The van der Waals surface area contributed by atoms with Crippen molar-refractivity contribution in [3.05, 3.63) is 76.0 Å². The molecule has 9 heteroatoms. The molecule has 154 valence electrons. The maximum atomic E-state index is 12.2. The van der Waals surface area contributed by atoms with Gasteiger partial charge in [-0.05, 0) is 30.3 Å². The third-order valence-corrected chi connectivity index (χ3v) is 5.27. The van der Waals surface area contributed by atoms with Crippen LogP contribution in [0.1, 0.15) is 5.56 Å². The van der Waals surface area contributed by atoms with Gasteiger partial charge in [-0.15, -0.1) is 0 Å². The Balaban J connectivity index is 1.42. The van der Waals surface area contributed by atoms with Gasteiger partial charge in [0.25, 0.3) is 0 Å². The number of carbonyl (C=O) groups is 1. The first-order valence-electron chi connectivity index (χ1n) is 9.36. The number of hydrogen-bond donors (Lipinski definition) is 1. The molecule has 4 rings (SSSR count). The van der Waals surface area contributed by atoms with Gasteiger partial charge in [0, 0.05) is 37.4 Å². The highest BCUT2D eigenvalue weighted by Crippen LogP contribution is 2.25. The van der Waals surface area contributed by atoms with Crippen molar-refractivity contribution in [2.75, 3.05) is 26.2 Å². The first-order valence-corrected chi connectivity index (χ1v) is 10.1. The molecule has 2 aliphatic rings. The van der Waals surface area contributed by atoms with E-state index in [-0.39, 0.29) is 11.6 Å². The van der Waals surface area contributed by atoms with Gasteiger partial charge in [-0.2, -0.15) is 0 Å². The van der Waals surface area contributed by atoms with Crippen LogP contribution in [0.15, 0.2) is 70.4 Å². The number of guanidine groups is 1. The molecule has 2 N–H and O–H groups in total. The molecule has 1 saturated heterocycles. The number of halogens is 2. The number of cyclic esters (lactones) is 1. The van der Waals surface area contributed by atoms with Gasteiger partial charge in [-0.3, -0.25) is 0 Å². The number of nitrogens with zero attached hydrogens (tertiary/aromatic N) is 4. The van der Waals surface area contributed by atoms with Crippen molar-refractivity contribution in [2.45, 2.75) is 0 Å². The monoisotopic (exact) mass is 443 g/mol. The van der Waals surface area contributed by atoms with Crippen molar-refractivity contribution < 1.29 is 9.53 Å². The summed E-state index contributed by atoms with van der Waals surface area (Å²) in [5, 5.41) is 0.870. The van der Waals surface area contributed by atoms with Crippen molar-refractivity contribution in [3.8, 4) is 0 Å². The van der Waals surface area contributed by atoms with Crippen LogP contribution in [-0.4, -0.2) is 53.8 Å². The smallest absolute Gasteiger partial charge is 0.365 e. The predicted molar refractivity (Wildman–Crippen MR) is 118 cm³/mol. The summed E-state index contributed by atoms with van der Waals surface area (Å²) >= 11 is 12.1. The molecule has 0 radical (unpaired) electrons. The zero-order valence-corrected chi connectivity index (χ0v) is 17.5. The zero-order chi connectivity index (χ0) is 21.1. The molecule has 2 heterocycles. The first-order chi connectivity index (χ1) is 14.5. The van der Waals surface area contributed by atoms with E-state index < -0.39 is 5.97 Å². The van der Waals surface area contributed by atoms with Crippen LogP contribution in [0.3, 0.4) is 0 Å². The second-order valence-corrected chi connectivity index (χ2v) is 7.62. The van der Waals surface area contributed by atoms with Gasteiger partial charge in [-0.1, -0.05) is 41.4 Å². The number of piperazine rings is 1. The summed E-state index contributed by atoms with van der Waals surface area (Å²) in [5.41, 5.74) is 7.71. The van der Waals surface area contributed by atoms with Crippen molar-refractivity contribution in [1.29, 1.82) is 0 Å². The molecule has 0 saturated carbocycles. The molecular weight excluding hydrogens is 425 g/mol. The SMILES string of the molecule is NC(=Nc1ccccc1)N1CCN(/C=C2/N=C(c3ccc(Cl)cc3Cl)OC2=O)CC1. The van der Waals surface area contributed by atoms with Crippen LogP contribution >= 0.6 is 23.2 Å². The number of carbonyl (C=O) groups excluding carboxylic acids is 1. The molecule has 2 aromatic carbocycles. The highest BCUT2D eigenvalue weighted by Gasteiger charge is 2.27. The van der Waals surface area contributed by atoms with Crippen LogP contribution in [0, 0.1) is 0 Å². The number of hydrogen-bond acceptors (Lipinski definition) is 5. The molecular formula is C21H19Cl2N5O2. The lowest BCUT2D eigenvalue weighted by Crippen LogP contribution is -2.49. The summed E-state index contributed by atoms with van der Waals surface area (Å²) < 4.78 is 5.29. The third-order valence-electron chi connectivity index (χ3n) is 4.73. The van der Waals surface area contributed by atoms with Crippen molar-refractivity contribution in [3.63, 3.8) is 0 Å². The van der Waals surface area contributed by atoms with E-state index in [4.69, 9.17) is 33.7 Å². The van der Waals surface area contributed by atoms with E-state index >= 15 is 0 Å². The third kappa shape index (κ3) is 4.58. The number of nitrogens with two attached hydrogens (primary N) is 1. The fourth-order valence-corrected chi connectivity index (χ4v) is 3.63. The number of ether oxygens (including phenoxy) is 1. The topological polar surface area (TPSA) is 83.5 Å². The molecule has 0 unspecified atom stereocenters. The van der Waals surface area contributed by atoms with E-state index in [9.17, 15) is 4.79 Å². The summed E-state index contributed by atoms with van der Waals surface area (Å²) in [4.78, 5) is 25.0. The summed E-state index contributed by atoms with van der Waals surface area (Å²) in [6.45, 7) is 2.71. The van der Waals surface area contributed by atoms with Crippen molar-refractivity contribution in [2.24, 2.45) is 15.7 Å². The standard InChI is InChI=1S/C21H19Cl2N5O2/c22-14-6-7-16(17(23)12-14)19-26-18(20(29)30-19)13-27-8-10-28(11-9-27)21(24)25-15-4-2-1-3-5-15/h1-7,12-13H,8-11H2,(H2,24,25)/b18-13+. The summed E-state index contributed by atoms with van der Waals surface area (Å²) in [5.74, 6) is 0.140. The predicted octanol–water partition coefficient (Wildman–Crippen LogP) is 3.40. The fourth-order valence-electron chi connectivity index (χ4n) is 3.14. The first kappa shape index (κ1) is 20.3. The van der Waals surface area contributed by atoms with Crippen LogP contribution in [0.25, 0.3) is 0 Å². The lowest BCUT2D eigenvalue weighted by atomic mass is 10.2. The van der Waals surface area contributed by atoms with Gasteiger partial charge in [-0.25, -0.2) is 14.8 Å². The van der Waals surface area contributed by atoms with E-state index in [1.54, 1.807) is 24.4 Å². The Morgan fingerprint density at radius 1 is 1.10 bits per heavy atom. The minimum atomic E-state index is -0.511. The molecule has 0 aromatic heterocycles. The maximum Gasteiger partial charge on any atom is 0.365 e. The van der Waals surface area contributed by atoms with E-state index in [0.717, 1.165) is 5.69 Å². The Kier molecular flexibility index (Phi) is 5.92. The summed E-state index contributed by atoms with van der Waals surface area (Å²) in [6.07, 6.45) is 1.71. The van der Waals surface area contributed by atoms with E-state index in [1.807, 2.05) is 40.1 Å². The number of para-hydroxylation sites is 1. The second kappa shape index (κ2) is 8.77. The van der Waals surface area contributed by atoms with Crippen molar-refractivity contribution >= 4 is 46.7 Å². The molecule has 0 atom stereocenters. The second-order valence-electron chi connectivity index (χ2n) is 6.77. The van der Waals surface area contributed by atoms with Gasteiger partial charge in [0.1, 0.15) is 0 Å². The Bertz CT molecular complexity index is 1040. The lowest BCUT2D eigenvalue weighted by molar-refractivity contribution is -0.130. The lowest BCUT2D eigenvalue weighted by Gasteiger charge is -2.34. The van der Waals surface area contributed by atoms with Crippen LogP contribution in [0.4, 0.5) is 5.69 Å². The summed E-state index contributed by atoms with van der Waals surface area (Å²) in [6, 6.07) is 14.5. The van der Waals surface area contributed by atoms with Crippen LogP contribution in [-0.2, 0) is 9.53 Å². The highest BCUT2D eigenvalue weighted by atomic mass is 35.5. The molecule has 7 nitrogen and oxygen atoms in total. The highest BCUT2D eigenvalue weighted by molar-refractivity contribution is 6.37. The molecule has 1 fully saturated rings. The molecule has 2 aromatic rings. The molecule has 0 bridgehead atoms. The fraction of sp³-hybridized carbons (Fsp3) is 0.190. The Morgan fingerprint density at radius 3 is 2.53 bits per heavy atom. The van der Waals surface area contributed by atoms with Crippen LogP contribution < -0.4 is 5.73 Å². The Labute approximate surface area is 184 Å². The van der Waals surface area contributed by atoms with Gasteiger partial charge in [0.2, 0.25) is 5.90 Å². The van der Waals surface area contributed by atoms with Crippen LogP contribution in [0.5, 0.6) is 0 Å². The normalized spacial score (nSPS) is 18.6. The van der Waals surface area contributed by atoms with Crippen LogP contribution in [0.2, 0.25) is 10.0 Å². The number of benzene rings is 2. The molecule has 0 aliphatic carbocycles. The van der Waals surface area contributed by atoms with Crippen molar-refractivity contribution in [1.82, 2.24) is 9.80 Å². The van der Waals surface area contributed by atoms with E-state index in [2.05, 4.69) is 9.98 Å². The van der Waals surface area contributed by atoms with E-state index in [1.165, 1.54) is 0 Å². The minimum absolute atomic E-state index is 0.172. The van der Waals surface area contributed by atoms with Gasteiger partial charge < -0.3 is 20.3 Å². The molecule has 0 spiro atoms. The number of aliphatic imine (C=N–C) groups is 2. The number of esters is 1. The van der Waals surface area contributed by atoms with E-state index in [0.29, 0.717) is 47.7 Å². The van der Waals surface area contributed by atoms with Gasteiger partial charge in [0.05, 0.1) is 16.3 Å². The Hall–Kier alpha value is -3.03. The average Bonchev–Trinajstić information content (AvgIpc) is 3.09. The maximum absolute atomic E-state index is 12.2. The molecule has 2 aliphatic heterocycles. The quantitative estimate of drug-likeness (QED) is 0.340. The summed E-state index contributed by atoms with van der Waals surface area (Å²) in [7, 11) is 0. The Morgan fingerprint density at radius 2 is 1.83 bits per heavy atom. The molecule has 30 heavy (non-hydrogen) atoms. The number of rotatable bonds is 3. The zero-order valence-electron chi connectivity index (χ0n) is 16.0. The minimum Gasteiger partial charge on any atom is -0.402 e. The molecule has 0 amide bonds. The van der Waals surface area contributed by atoms with Gasteiger partial charge >= 0.3 is 5.97 Å². The average molecular weight is 444 g/mol.